The summed E-state index contributed by atoms with van der Waals surface area (Å²) >= 11 is 0. The molecule has 4 N–H and O–H groups in total. The monoisotopic (exact) mass is 237 g/mol. The molecule has 0 unspecified atom stereocenters. The van der Waals surface area contributed by atoms with Gasteiger partial charge in [-0.15, -0.1) is 0 Å². The molecule has 0 amide bonds. The Bertz CT molecular complexity index is 383. The van der Waals surface area contributed by atoms with Crippen molar-refractivity contribution in [1.82, 2.24) is 0 Å². The molecule has 0 aromatic heterocycles. The first kappa shape index (κ1) is 13.5. The maximum atomic E-state index is 10.4. The topological polar surface area (TPSA) is 141 Å². The molecular weight excluding hydrogens is 229 g/mol. The zero-order valence-electron chi connectivity index (χ0n) is 7.23. The van der Waals surface area contributed by atoms with Crippen LogP contribution >= 0.6 is 7.82 Å². The second-order valence-corrected chi connectivity index (χ2v) is 3.50. The fraction of sp³-hybridized carbons (Fsp3) is 0. The van der Waals surface area contributed by atoms with E-state index in [2.05, 4.69) is 4.52 Å². The van der Waals surface area contributed by atoms with E-state index in [1.54, 1.807) is 0 Å². The minimum atomic E-state index is -4.60. The van der Waals surface area contributed by atoms with Crippen molar-refractivity contribution >= 4 is 13.5 Å². The van der Waals surface area contributed by atoms with Crippen LogP contribution in [0.5, 0.6) is 5.75 Å². The molecule has 0 atom stereocenters. The predicted octanol–water partition coefficient (Wildman–Crippen LogP) is 0.242. The molecule has 0 spiro atoms. The first-order valence-corrected chi connectivity index (χ1v) is 4.91. The zero-order valence-corrected chi connectivity index (χ0v) is 8.13. The molecule has 1 aromatic carbocycles. The van der Waals surface area contributed by atoms with Gasteiger partial charge in [0.1, 0.15) is 5.75 Å². The molecule has 8 nitrogen and oxygen atoms in total. The Balaban J connectivity index is 0.00000196. The van der Waals surface area contributed by atoms with Crippen LogP contribution in [0.25, 0.3) is 0 Å². The molecule has 0 aliphatic heterocycles. The second kappa shape index (κ2) is 4.85. The van der Waals surface area contributed by atoms with Gasteiger partial charge in [-0.3, -0.25) is 19.9 Å². The Labute approximate surface area is 83.8 Å². The summed E-state index contributed by atoms with van der Waals surface area (Å²) in [5.41, 5.74) is -0.178. The van der Waals surface area contributed by atoms with Crippen LogP contribution in [0, 0.1) is 10.1 Å². The highest BCUT2D eigenvalue weighted by Gasteiger charge is 2.16. The molecule has 0 bridgehead atoms. The maximum Gasteiger partial charge on any atom is 0.524 e. The molecular formula is C6H8NO7P. The molecule has 9 heteroatoms. The molecule has 0 aliphatic carbocycles. The number of non-ortho nitro benzene ring substituents is 1. The first-order chi connectivity index (χ1) is 6.38. The molecule has 0 aliphatic rings. The summed E-state index contributed by atoms with van der Waals surface area (Å²) in [6.45, 7) is 0. The Morgan fingerprint density at radius 2 is 1.73 bits per heavy atom. The van der Waals surface area contributed by atoms with Gasteiger partial charge < -0.3 is 10.00 Å². The molecule has 15 heavy (non-hydrogen) atoms. The molecule has 1 aromatic rings. The minimum Gasteiger partial charge on any atom is -0.412 e. The number of rotatable bonds is 3. The zero-order chi connectivity index (χ0) is 10.8. The van der Waals surface area contributed by atoms with Crippen molar-refractivity contribution in [3.63, 3.8) is 0 Å². The number of nitro groups is 1. The van der Waals surface area contributed by atoms with Gasteiger partial charge in [0.2, 0.25) is 0 Å². The van der Waals surface area contributed by atoms with E-state index in [1.807, 2.05) is 0 Å². The van der Waals surface area contributed by atoms with Crippen molar-refractivity contribution in [3.8, 4) is 5.75 Å². The van der Waals surface area contributed by atoms with Gasteiger partial charge in [-0.2, -0.15) is 0 Å². The van der Waals surface area contributed by atoms with Crippen LogP contribution in [0.15, 0.2) is 24.3 Å². The van der Waals surface area contributed by atoms with Gasteiger partial charge in [0.25, 0.3) is 5.69 Å². The lowest BCUT2D eigenvalue weighted by atomic mass is 10.3. The molecule has 0 saturated carbocycles. The Morgan fingerprint density at radius 3 is 2.07 bits per heavy atom. The van der Waals surface area contributed by atoms with Crippen LogP contribution in [0.3, 0.4) is 0 Å². The Hall–Kier alpha value is -1.47. The van der Waals surface area contributed by atoms with Gasteiger partial charge in [-0.1, -0.05) is 0 Å². The van der Waals surface area contributed by atoms with E-state index >= 15 is 0 Å². The van der Waals surface area contributed by atoms with Crippen LogP contribution in [-0.4, -0.2) is 20.2 Å². The van der Waals surface area contributed by atoms with Crippen molar-refractivity contribution in [2.75, 3.05) is 0 Å². The van der Waals surface area contributed by atoms with E-state index in [0.717, 1.165) is 24.3 Å². The largest absolute Gasteiger partial charge is 0.524 e. The van der Waals surface area contributed by atoms with Gasteiger partial charge in [-0.25, -0.2) is 4.57 Å². The summed E-state index contributed by atoms with van der Waals surface area (Å²) in [4.78, 5) is 26.4. The highest BCUT2D eigenvalue weighted by atomic mass is 31.2. The number of benzene rings is 1. The summed E-state index contributed by atoms with van der Waals surface area (Å²) in [5, 5.41) is 10.2. The number of phosphoric ester groups is 1. The average molecular weight is 237 g/mol. The third-order valence-corrected chi connectivity index (χ3v) is 1.72. The molecule has 1 rings (SSSR count). The van der Waals surface area contributed by atoms with Crippen LogP contribution in [0.4, 0.5) is 5.69 Å². The van der Waals surface area contributed by atoms with Crippen LogP contribution in [-0.2, 0) is 4.57 Å². The van der Waals surface area contributed by atoms with Crippen molar-refractivity contribution in [2.45, 2.75) is 0 Å². The quantitative estimate of drug-likeness (QED) is 0.438. The van der Waals surface area contributed by atoms with Crippen molar-refractivity contribution in [3.05, 3.63) is 34.4 Å². The van der Waals surface area contributed by atoms with E-state index < -0.39 is 12.7 Å². The summed E-state index contributed by atoms with van der Waals surface area (Å²) < 4.78 is 14.5. The summed E-state index contributed by atoms with van der Waals surface area (Å²) in [5.74, 6) is -0.121. The number of hydrogen-bond donors (Lipinski definition) is 2. The SMILES string of the molecule is O.O=[N+]([O-])c1ccc(OP(=O)(O)O)cc1. The van der Waals surface area contributed by atoms with Crippen LogP contribution in [0.2, 0.25) is 0 Å². The fourth-order valence-electron chi connectivity index (χ4n) is 0.766. The van der Waals surface area contributed by atoms with Gasteiger partial charge in [0, 0.05) is 12.1 Å². The smallest absolute Gasteiger partial charge is 0.412 e. The van der Waals surface area contributed by atoms with Gasteiger partial charge in [0.15, 0.2) is 0 Å². The molecule has 0 saturated heterocycles. The van der Waals surface area contributed by atoms with Crippen LogP contribution in [0.1, 0.15) is 0 Å². The van der Waals surface area contributed by atoms with Crippen LogP contribution < -0.4 is 4.52 Å². The highest BCUT2D eigenvalue weighted by Crippen LogP contribution is 2.37. The second-order valence-electron chi connectivity index (χ2n) is 2.33. The van der Waals surface area contributed by atoms with E-state index in [4.69, 9.17) is 9.79 Å². The van der Waals surface area contributed by atoms with Gasteiger partial charge in [0.05, 0.1) is 4.92 Å². The Morgan fingerprint density at radius 1 is 1.27 bits per heavy atom. The third-order valence-electron chi connectivity index (χ3n) is 1.27. The molecule has 0 heterocycles. The average Bonchev–Trinajstić information content (AvgIpc) is 2.02. The summed E-state index contributed by atoms with van der Waals surface area (Å²) in [6, 6.07) is 4.39. The van der Waals surface area contributed by atoms with E-state index in [1.165, 1.54) is 0 Å². The maximum absolute atomic E-state index is 10.4. The lowest BCUT2D eigenvalue weighted by Gasteiger charge is -2.05. The standard InChI is InChI=1S/C6H6NO6P.H2O/c8-7(9)5-1-3-6(4-2-5)13-14(10,11)12;/h1-4H,(H2,10,11,12);1H2. The number of nitrogens with zero attached hydrogens (tertiary/aromatic N) is 1. The van der Waals surface area contributed by atoms with E-state index in [9.17, 15) is 14.7 Å². The van der Waals surface area contributed by atoms with Gasteiger partial charge in [-0.05, 0) is 12.1 Å². The number of phosphoric acid groups is 1. The molecule has 0 radical (unpaired) electrons. The summed E-state index contributed by atoms with van der Waals surface area (Å²) in [7, 11) is -4.60. The molecule has 84 valence electrons. The van der Waals surface area contributed by atoms with E-state index in [-0.39, 0.29) is 16.9 Å². The van der Waals surface area contributed by atoms with E-state index in [0.29, 0.717) is 0 Å². The third kappa shape index (κ3) is 4.52. The normalized spacial score (nSPS) is 10.3. The number of nitro benzene ring substituents is 1. The minimum absolute atomic E-state index is 0. The lowest BCUT2D eigenvalue weighted by molar-refractivity contribution is -0.384. The number of hydrogen-bond acceptors (Lipinski definition) is 4. The summed E-state index contributed by atoms with van der Waals surface area (Å²) in [6.07, 6.45) is 0. The van der Waals surface area contributed by atoms with Crippen molar-refractivity contribution in [2.24, 2.45) is 0 Å². The molecule has 0 fully saturated rings. The van der Waals surface area contributed by atoms with Crippen molar-refractivity contribution < 1.29 is 29.3 Å². The van der Waals surface area contributed by atoms with Gasteiger partial charge >= 0.3 is 7.82 Å². The fourth-order valence-corrected chi connectivity index (χ4v) is 1.16. The lowest BCUT2D eigenvalue weighted by Crippen LogP contribution is -1.91. The predicted molar refractivity (Wildman–Crippen MR) is 49.4 cm³/mol. The Kier molecular flexibility index (Phi) is 4.38. The van der Waals surface area contributed by atoms with Crippen molar-refractivity contribution in [1.29, 1.82) is 0 Å². The first-order valence-electron chi connectivity index (χ1n) is 3.38. The highest BCUT2D eigenvalue weighted by molar-refractivity contribution is 7.46.